The summed E-state index contributed by atoms with van der Waals surface area (Å²) in [6.07, 6.45) is 8.61. The van der Waals surface area contributed by atoms with Crippen LogP contribution in [0, 0.1) is 5.92 Å². The van der Waals surface area contributed by atoms with Gasteiger partial charge >= 0.3 is 6.03 Å². The van der Waals surface area contributed by atoms with E-state index in [4.69, 9.17) is 4.74 Å². The van der Waals surface area contributed by atoms with Crippen molar-refractivity contribution in [3.8, 4) is 0 Å². The number of anilines is 1. The third-order valence-corrected chi connectivity index (χ3v) is 4.53. The number of nitrogens with zero attached hydrogens (tertiary/aromatic N) is 1. The molecule has 2 aromatic rings. The molecular weight excluding hydrogens is 316 g/mol. The highest BCUT2D eigenvalue weighted by atomic mass is 16.5. The smallest absolute Gasteiger partial charge is 0.319 e. The molecule has 3 rings (SSSR count). The Hall–Kier alpha value is -2.34. The predicted molar refractivity (Wildman–Crippen MR) is 97.1 cm³/mol. The molecule has 3 N–H and O–H groups in total. The molecule has 1 aromatic carbocycles. The lowest BCUT2D eigenvalue weighted by Crippen LogP contribution is -2.28. The minimum absolute atomic E-state index is 0.254. The summed E-state index contributed by atoms with van der Waals surface area (Å²) in [7, 11) is 0. The first-order valence-corrected chi connectivity index (χ1v) is 8.92. The fraction of sp³-hybridized carbons (Fsp3) is 0.474. The molecule has 0 aliphatic heterocycles. The van der Waals surface area contributed by atoms with Gasteiger partial charge in [-0.05, 0) is 36.5 Å². The van der Waals surface area contributed by atoms with Gasteiger partial charge in [0.05, 0.1) is 19.3 Å². The number of rotatable bonds is 6. The van der Waals surface area contributed by atoms with Gasteiger partial charge in [-0.25, -0.2) is 9.78 Å². The van der Waals surface area contributed by atoms with Gasteiger partial charge in [0.1, 0.15) is 5.82 Å². The summed E-state index contributed by atoms with van der Waals surface area (Å²) in [6, 6.07) is 7.54. The van der Waals surface area contributed by atoms with Gasteiger partial charge in [-0.15, -0.1) is 0 Å². The van der Waals surface area contributed by atoms with Crippen molar-refractivity contribution < 1.29 is 9.53 Å². The van der Waals surface area contributed by atoms with Crippen LogP contribution in [0.1, 0.15) is 44.0 Å². The second-order valence-electron chi connectivity index (χ2n) is 6.75. The molecule has 0 saturated heterocycles. The Morgan fingerprint density at radius 2 is 2.32 bits per heavy atom. The number of carbonyl (C=O) groups is 1. The first-order chi connectivity index (χ1) is 12.2. The van der Waals surface area contributed by atoms with Gasteiger partial charge in [-0.3, -0.25) is 0 Å². The average Bonchev–Trinajstić information content (AvgIpc) is 3.12. The molecule has 1 saturated carbocycles. The third-order valence-electron chi connectivity index (χ3n) is 4.53. The highest BCUT2D eigenvalue weighted by molar-refractivity contribution is 5.89. The van der Waals surface area contributed by atoms with Crippen LogP contribution in [0.25, 0.3) is 0 Å². The lowest BCUT2D eigenvalue weighted by molar-refractivity contribution is 0.00468. The van der Waals surface area contributed by atoms with Crippen molar-refractivity contribution in [1.29, 1.82) is 0 Å². The van der Waals surface area contributed by atoms with Gasteiger partial charge in [0.2, 0.25) is 0 Å². The van der Waals surface area contributed by atoms with Crippen molar-refractivity contribution in [1.82, 2.24) is 15.3 Å². The molecule has 2 atom stereocenters. The lowest BCUT2D eigenvalue weighted by atomic mass is 9.89. The van der Waals surface area contributed by atoms with E-state index in [1.165, 1.54) is 12.8 Å². The number of hydrogen-bond donors (Lipinski definition) is 3. The van der Waals surface area contributed by atoms with Crippen LogP contribution in [-0.4, -0.2) is 22.1 Å². The van der Waals surface area contributed by atoms with E-state index in [1.807, 2.05) is 24.3 Å². The van der Waals surface area contributed by atoms with E-state index in [2.05, 4.69) is 27.5 Å². The SMILES string of the molecule is C[C@H]1CCC[C@@H](OCc2cccc(NC(=O)NCc3ncc[nH]3)c2)C1. The van der Waals surface area contributed by atoms with Gasteiger partial charge in [-0.1, -0.05) is 31.9 Å². The Labute approximate surface area is 148 Å². The standard InChI is InChI=1S/C19H26N4O2/c1-14-4-2-7-17(10-14)25-13-15-5-3-6-16(11-15)23-19(24)22-12-18-20-8-9-21-18/h3,5-6,8-9,11,14,17H,2,4,7,10,12-13H2,1H3,(H,20,21)(H2,22,23,24)/t14-,17+/m0/s1. The number of hydrogen-bond acceptors (Lipinski definition) is 3. The summed E-state index contributed by atoms with van der Waals surface area (Å²) in [6.45, 7) is 3.24. The first-order valence-electron chi connectivity index (χ1n) is 8.92. The number of benzene rings is 1. The van der Waals surface area contributed by atoms with E-state index < -0.39 is 0 Å². The molecule has 2 amide bonds. The Morgan fingerprint density at radius 1 is 1.40 bits per heavy atom. The molecular formula is C19H26N4O2. The van der Waals surface area contributed by atoms with E-state index in [1.54, 1.807) is 12.4 Å². The molecule has 25 heavy (non-hydrogen) atoms. The van der Waals surface area contributed by atoms with Crippen molar-refractivity contribution in [3.63, 3.8) is 0 Å². The number of aromatic amines is 1. The maximum Gasteiger partial charge on any atom is 0.319 e. The summed E-state index contributed by atoms with van der Waals surface area (Å²) in [5.41, 5.74) is 1.83. The van der Waals surface area contributed by atoms with Gasteiger partial charge in [0.15, 0.2) is 0 Å². The van der Waals surface area contributed by atoms with E-state index >= 15 is 0 Å². The molecule has 0 spiro atoms. The van der Waals surface area contributed by atoms with Crippen LogP contribution < -0.4 is 10.6 Å². The monoisotopic (exact) mass is 342 g/mol. The Morgan fingerprint density at radius 3 is 3.12 bits per heavy atom. The van der Waals surface area contributed by atoms with Crippen LogP contribution in [0.5, 0.6) is 0 Å². The molecule has 1 fully saturated rings. The minimum Gasteiger partial charge on any atom is -0.374 e. The normalized spacial score (nSPS) is 20.2. The molecule has 134 valence electrons. The first kappa shape index (κ1) is 17.5. The van der Waals surface area contributed by atoms with Crippen molar-refractivity contribution >= 4 is 11.7 Å². The van der Waals surface area contributed by atoms with Gasteiger partial charge in [0.25, 0.3) is 0 Å². The summed E-state index contributed by atoms with van der Waals surface area (Å²) >= 11 is 0. The molecule has 6 heteroatoms. The topological polar surface area (TPSA) is 79.0 Å². The highest BCUT2D eigenvalue weighted by Gasteiger charge is 2.19. The maximum atomic E-state index is 12.0. The number of imidazole rings is 1. The van der Waals surface area contributed by atoms with Crippen LogP contribution >= 0.6 is 0 Å². The Bertz CT molecular complexity index is 672. The number of carbonyl (C=O) groups excluding carboxylic acids is 1. The van der Waals surface area contributed by atoms with Gasteiger partial charge < -0.3 is 20.4 Å². The van der Waals surface area contributed by atoms with E-state index in [9.17, 15) is 4.79 Å². The van der Waals surface area contributed by atoms with E-state index in [0.29, 0.717) is 19.3 Å². The Balaban J connectivity index is 1.46. The molecule has 6 nitrogen and oxygen atoms in total. The van der Waals surface area contributed by atoms with Crippen LogP contribution in [0.15, 0.2) is 36.7 Å². The number of amides is 2. The maximum absolute atomic E-state index is 12.0. The summed E-state index contributed by atoms with van der Waals surface area (Å²) in [5.74, 6) is 1.48. The molecule has 0 radical (unpaired) electrons. The fourth-order valence-corrected chi connectivity index (χ4v) is 3.22. The van der Waals surface area contributed by atoms with E-state index in [-0.39, 0.29) is 6.03 Å². The lowest BCUT2D eigenvalue weighted by Gasteiger charge is -2.26. The number of H-pyrrole nitrogens is 1. The van der Waals surface area contributed by atoms with Gasteiger partial charge in [-0.2, -0.15) is 0 Å². The summed E-state index contributed by atoms with van der Waals surface area (Å²) < 4.78 is 6.06. The van der Waals surface area contributed by atoms with Gasteiger partial charge in [0, 0.05) is 18.1 Å². The summed E-state index contributed by atoms with van der Waals surface area (Å²) in [4.78, 5) is 19.0. The van der Waals surface area contributed by atoms with Crippen LogP contribution in [0.4, 0.5) is 10.5 Å². The molecule has 1 aromatic heterocycles. The summed E-state index contributed by atoms with van der Waals surface area (Å²) in [5, 5.41) is 5.61. The average molecular weight is 342 g/mol. The van der Waals surface area contributed by atoms with Crippen molar-refractivity contribution in [2.45, 2.75) is 51.9 Å². The van der Waals surface area contributed by atoms with Crippen molar-refractivity contribution in [3.05, 3.63) is 48.0 Å². The second kappa shape index (κ2) is 8.67. The quantitative estimate of drug-likeness (QED) is 0.746. The molecule has 1 aliphatic rings. The van der Waals surface area contributed by atoms with Crippen molar-refractivity contribution in [2.75, 3.05) is 5.32 Å². The number of aromatic nitrogens is 2. The van der Waals surface area contributed by atoms with E-state index in [0.717, 1.165) is 35.8 Å². The Kier molecular flexibility index (Phi) is 6.06. The third kappa shape index (κ3) is 5.60. The number of nitrogens with one attached hydrogen (secondary N) is 3. The molecule has 1 heterocycles. The fourth-order valence-electron chi connectivity index (χ4n) is 3.22. The second-order valence-corrected chi connectivity index (χ2v) is 6.75. The largest absolute Gasteiger partial charge is 0.374 e. The minimum atomic E-state index is -0.254. The molecule has 0 unspecified atom stereocenters. The van der Waals surface area contributed by atoms with Crippen LogP contribution in [0.2, 0.25) is 0 Å². The predicted octanol–water partition coefficient (Wildman–Crippen LogP) is 3.83. The zero-order chi connectivity index (χ0) is 17.5. The number of ether oxygens (including phenoxy) is 1. The van der Waals surface area contributed by atoms with Crippen molar-refractivity contribution in [2.24, 2.45) is 5.92 Å². The number of urea groups is 1. The molecule has 1 aliphatic carbocycles. The zero-order valence-electron chi connectivity index (χ0n) is 14.6. The van der Waals surface area contributed by atoms with Crippen LogP contribution in [-0.2, 0) is 17.9 Å². The highest BCUT2D eigenvalue weighted by Crippen LogP contribution is 2.26. The zero-order valence-corrected chi connectivity index (χ0v) is 14.6. The van der Waals surface area contributed by atoms with Crippen LogP contribution in [0.3, 0.4) is 0 Å². The molecule has 0 bridgehead atoms.